The smallest absolute Gasteiger partial charge is 0.134 e. The quantitative estimate of drug-likeness (QED) is 0.826. The first-order valence-electron chi connectivity index (χ1n) is 7.70. The van der Waals surface area contributed by atoms with E-state index in [0.717, 1.165) is 29.7 Å². The molecule has 1 unspecified atom stereocenters. The summed E-state index contributed by atoms with van der Waals surface area (Å²) in [5.41, 5.74) is 0.953. The number of hydrogen-bond donors (Lipinski definition) is 1. The molecule has 2 aromatic rings. The van der Waals surface area contributed by atoms with E-state index in [-0.39, 0.29) is 6.04 Å². The van der Waals surface area contributed by atoms with Crippen molar-refractivity contribution in [2.45, 2.75) is 44.8 Å². The lowest BCUT2D eigenvalue weighted by molar-refractivity contribution is -0.0110. The first-order valence-corrected chi connectivity index (χ1v) is 7.70. The van der Waals surface area contributed by atoms with E-state index in [2.05, 4.69) is 24.4 Å². The van der Waals surface area contributed by atoms with Crippen LogP contribution in [0.25, 0.3) is 11.0 Å². The Balaban J connectivity index is 1.71. The van der Waals surface area contributed by atoms with Gasteiger partial charge in [-0.1, -0.05) is 25.1 Å². The normalized spacial score (nSPS) is 17.2. The fourth-order valence-corrected chi connectivity index (χ4v) is 2.50. The van der Waals surface area contributed by atoms with Gasteiger partial charge in [-0.05, 0) is 44.4 Å². The van der Waals surface area contributed by atoms with Crippen molar-refractivity contribution < 1.29 is 9.15 Å². The third-order valence-corrected chi connectivity index (χ3v) is 3.98. The molecule has 1 aliphatic rings. The van der Waals surface area contributed by atoms with E-state index in [1.807, 2.05) is 18.2 Å². The third-order valence-electron chi connectivity index (χ3n) is 3.98. The van der Waals surface area contributed by atoms with Gasteiger partial charge in [0.2, 0.25) is 0 Å². The highest BCUT2D eigenvalue weighted by Crippen LogP contribution is 2.27. The highest BCUT2D eigenvalue weighted by Gasteiger charge is 2.22. The summed E-state index contributed by atoms with van der Waals surface area (Å²) in [6.45, 7) is 3.86. The maximum absolute atomic E-state index is 5.97. The minimum Gasteiger partial charge on any atom is -0.459 e. The molecule has 1 aromatic carbocycles. The van der Waals surface area contributed by atoms with Crippen LogP contribution in [0.1, 0.15) is 44.4 Å². The Kier molecular flexibility index (Phi) is 4.38. The van der Waals surface area contributed by atoms with Crippen LogP contribution in [0, 0.1) is 0 Å². The molecule has 1 heterocycles. The highest BCUT2D eigenvalue weighted by atomic mass is 16.5. The molecule has 3 rings (SSSR count). The second-order valence-electron chi connectivity index (χ2n) is 5.58. The van der Waals surface area contributed by atoms with E-state index >= 15 is 0 Å². The Morgan fingerprint density at radius 2 is 2.20 bits per heavy atom. The van der Waals surface area contributed by atoms with E-state index < -0.39 is 0 Å². The molecule has 0 radical (unpaired) electrons. The van der Waals surface area contributed by atoms with Crippen molar-refractivity contribution in [3.8, 4) is 0 Å². The van der Waals surface area contributed by atoms with Gasteiger partial charge in [0.1, 0.15) is 11.3 Å². The predicted molar refractivity (Wildman–Crippen MR) is 80.8 cm³/mol. The van der Waals surface area contributed by atoms with Gasteiger partial charge in [-0.3, -0.25) is 0 Å². The van der Waals surface area contributed by atoms with Crippen LogP contribution >= 0.6 is 0 Å². The number of hydrogen-bond acceptors (Lipinski definition) is 3. The van der Waals surface area contributed by atoms with Gasteiger partial charge >= 0.3 is 0 Å². The molecule has 3 nitrogen and oxygen atoms in total. The van der Waals surface area contributed by atoms with Crippen molar-refractivity contribution in [1.29, 1.82) is 0 Å². The average molecular weight is 273 g/mol. The molecule has 1 N–H and O–H groups in total. The van der Waals surface area contributed by atoms with Crippen molar-refractivity contribution in [3.05, 3.63) is 36.1 Å². The summed E-state index contributed by atoms with van der Waals surface area (Å²) < 4.78 is 11.9. The van der Waals surface area contributed by atoms with E-state index in [9.17, 15) is 0 Å². The van der Waals surface area contributed by atoms with E-state index in [4.69, 9.17) is 9.15 Å². The largest absolute Gasteiger partial charge is 0.459 e. The SMILES string of the molecule is CCCNC(COC1CCC1)c1cc2ccccc2o1. The number of benzene rings is 1. The van der Waals surface area contributed by atoms with Gasteiger partial charge in [0.15, 0.2) is 0 Å². The molecular formula is C17H23NO2. The Labute approximate surface area is 120 Å². The molecule has 0 bridgehead atoms. The van der Waals surface area contributed by atoms with Gasteiger partial charge < -0.3 is 14.5 Å². The van der Waals surface area contributed by atoms with Crippen molar-refractivity contribution in [3.63, 3.8) is 0 Å². The van der Waals surface area contributed by atoms with Gasteiger partial charge in [0.25, 0.3) is 0 Å². The maximum Gasteiger partial charge on any atom is 0.134 e. The summed E-state index contributed by atoms with van der Waals surface area (Å²) in [4.78, 5) is 0. The number of furan rings is 1. The minimum atomic E-state index is 0.156. The summed E-state index contributed by atoms with van der Waals surface area (Å²) in [5, 5.41) is 4.69. The van der Waals surface area contributed by atoms with Gasteiger partial charge in [-0.2, -0.15) is 0 Å². The summed E-state index contributed by atoms with van der Waals surface area (Å²) >= 11 is 0. The van der Waals surface area contributed by atoms with Crippen LogP contribution in [0.3, 0.4) is 0 Å². The Morgan fingerprint density at radius 1 is 1.35 bits per heavy atom. The molecule has 1 atom stereocenters. The van der Waals surface area contributed by atoms with Crippen LogP contribution in [-0.2, 0) is 4.74 Å². The molecule has 20 heavy (non-hydrogen) atoms. The van der Waals surface area contributed by atoms with Crippen LogP contribution < -0.4 is 5.32 Å². The van der Waals surface area contributed by atoms with Crippen molar-refractivity contribution in [1.82, 2.24) is 5.32 Å². The molecule has 1 aromatic heterocycles. The lowest BCUT2D eigenvalue weighted by atomic mass is 9.96. The van der Waals surface area contributed by atoms with Crippen LogP contribution in [0.15, 0.2) is 34.7 Å². The zero-order chi connectivity index (χ0) is 13.8. The van der Waals surface area contributed by atoms with Crippen molar-refractivity contribution in [2.75, 3.05) is 13.2 Å². The molecule has 0 amide bonds. The van der Waals surface area contributed by atoms with Crippen molar-refractivity contribution >= 4 is 11.0 Å². The number of rotatable bonds is 7. The lowest BCUT2D eigenvalue weighted by Gasteiger charge is -2.27. The van der Waals surface area contributed by atoms with Crippen LogP contribution in [0.2, 0.25) is 0 Å². The zero-order valence-corrected chi connectivity index (χ0v) is 12.1. The van der Waals surface area contributed by atoms with Crippen LogP contribution in [0.5, 0.6) is 0 Å². The molecular weight excluding hydrogens is 250 g/mol. The Morgan fingerprint density at radius 3 is 2.90 bits per heavy atom. The molecule has 108 valence electrons. The molecule has 3 heteroatoms. The molecule has 1 saturated carbocycles. The standard InChI is InChI=1S/C17H23NO2/c1-2-10-18-15(12-19-14-7-5-8-14)17-11-13-6-3-4-9-16(13)20-17/h3-4,6,9,11,14-15,18H,2,5,7-8,10,12H2,1H3. The number of ether oxygens (including phenoxy) is 1. The molecule has 0 saturated heterocycles. The third kappa shape index (κ3) is 3.05. The molecule has 0 spiro atoms. The number of nitrogens with one attached hydrogen (secondary N) is 1. The average Bonchev–Trinajstić information content (AvgIpc) is 2.84. The second-order valence-corrected chi connectivity index (χ2v) is 5.58. The first-order chi connectivity index (χ1) is 9.86. The van der Waals surface area contributed by atoms with E-state index in [1.54, 1.807) is 0 Å². The summed E-state index contributed by atoms with van der Waals surface area (Å²) in [6.07, 6.45) is 5.30. The van der Waals surface area contributed by atoms with Crippen molar-refractivity contribution in [2.24, 2.45) is 0 Å². The summed E-state index contributed by atoms with van der Waals surface area (Å²) in [7, 11) is 0. The highest BCUT2D eigenvalue weighted by molar-refractivity contribution is 5.77. The monoisotopic (exact) mass is 273 g/mol. The fourth-order valence-electron chi connectivity index (χ4n) is 2.50. The Hall–Kier alpha value is -1.32. The summed E-state index contributed by atoms with van der Waals surface area (Å²) in [5.74, 6) is 0.985. The molecule has 1 fully saturated rings. The molecule has 0 aliphatic heterocycles. The lowest BCUT2D eigenvalue weighted by Crippen LogP contribution is -2.30. The number of para-hydroxylation sites is 1. The number of fused-ring (bicyclic) bond motifs is 1. The van der Waals surface area contributed by atoms with E-state index in [0.29, 0.717) is 12.7 Å². The zero-order valence-electron chi connectivity index (χ0n) is 12.1. The first kappa shape index (κ1) is 13.7. The fraction of sp³-hybridized carbons (Fsp3) is 0.529. The second kappa shape index (κ2) is 6.42. The van der Waals surface area contributed by atoms with Crippen LogP contribution in [-0.4, -0.2) is 19.3 Å². The van der Waals surface area contributed by atoms with Crippen LogP contribution in [0.4, 0.5) is 0 Å². The van der Waals surface area contributed by atoms with E-state index in [1.165, 1.54) is 19.3 Å². The van der Waals surface area contributed by atoms with Gasteiger partial charge in [-0.25, -0.2) is 0 Å². The maximum atomic E-state index is 5.97. The predicted octanol–water partition coefficient (Wildman–Crippen LogP) is 4.04. The summed E-state index contributed by atoms with van der Waals surface area (Å²) in [6, 6.07) is 10.4. The Bertz CT molecular complexity index is 512. The van der Waals surface area contributed by atoms with Gasteiger partial charge in [0.05, 0.1) is 18.8 Å². The molecule has 1 aliphatic carbocycles. The topological polar surface area (TPSA) is 34.4 Å². The minimum absolute atomic E-state index is 0.156. The van der Waals surface area contributed by atoms with Gasteiger partial charge in [-0.15, -0.1) is 0 Å². The van der Waals surface area contributed by atoms with Gasteiger partial charge in [0, 0.05) is 5.39 Å².